The molecule has 0 bridgehead atoms. The van der Waals surface area contributed by atoms with Crippen molar-refractivity contribution in [1.82, 2.24) is 4.98 Å². The molecule has 0 aromatic carbocycles. The van der Waals surface area contributed by atoms with Gasteiger partial charge in [0.25, 0.3) is 0 Å². The van der Waals surface area contributed by atoms with E-state index in [2.05, 4.69) is 11.1 Å². The van der Waals surface area contributed by atoms with Gasteiger partial charge in [-0.2, -0.15) is 5.26 Å². The first-order valence-corrected chi connectivity index (χ1v) is 9.60. The number of hydrogen-bond donors (Lipinski definition) is 0. The highest BCUT2D eigenvalue weighted by Crippen LogP contribution is 2.66. The molecule has 3 aliphatic rings. The molecule has 1 aromatic heterocycles. The van der Waals surface area contributed by atoms with E-state index in [1.807, 2.05) is 18.2 Å². The van der Waals surface area contributed by atoms with Crippen LogP contribution in [0.1, 0.15) is 57.1 Å². The van der Waals surface area contributed by atoms with Crippen molar-refractivity contribution in [2.24, 2.45) is 11.3 Å². The summed E-state index contributed by atoms with van der Waals surface area (Å²) in [5, 5.41) is 9.78. The molecule has 4 rings (SSSR count). The zero-order valence-corrected chi connectivity index (χ0v) is 15.4. The summed E-state index contributed by atoms with van der Waals surface area (Å²) in [6.45, 7) is 0.785. The molecule has 1 atom stereocenters. The molecule has 0 amide bonds. The first-order valence-electron chi connectivity index (χ1n) is 9.60. The number of rotatable bonds is 3. The van der Waals surface area contributed by atoms with Gasteiger partial charge in [0.1, 0.15) is 0 Å². The van der Waals surface area contributed by atoms with Crippen molar-refractivity contribution in [1.29, 1.82) is 5.26 Å². The number of nitrogens with zero attached hydrogens (tertiary/aromatic N) is 2. The second kappa shape index (κ2) is 6.35. The highest BCUT2D eigenvalue weighted by molar-refractivity contribution is 5.78. The fourth-order valence-electron chi connectivity index (χ4n) is 5.95. The molecule has 0 N–H and O–H groups in total. The third-order valence-corrected chi connectivity index (χ3v) is 6.93. The molecule has 1 unspecified atom stereocenters. The van der Waals surface area contributed by atoms with E-state index < -0.39 is 17.3 Å². The van der Waals surface area contributed by atoms with Crippen LogP contribution in [0.2, 0.25) is 0 Å². The minimum atomic E-state index is -0.810. The van der Waals surface area contributed by atoms with Crippen LogP contribution in [-0.4, -0.2) is 30.3 Å². The fraction of sp³-hybridized carbons (Fsp3) is 0.667. The molecule has 2 spiro atoms. The number of pyridine rings is 1. The highest BCUT2D eigenvalue weighted by atomic mass is 16.5. The number of ether oxygens (including phenoxy) is 2. The maximum Gasteiger partial charge on any atom is 0.324 e. The summed E-state index contributed by atoms with van der Waals surface area (Å²) >= 11 is 0. The molecule has 2 heterocycles. The van der Waals surface area contributed by atoms with Crippen molar-refractivity contribution in [2.75, 3.05) is 13.7 Å². The second-order valence-electron chi connectivity index (χ2n) is 8.48. The minimum absolute atomic E-state index is 0.0297. The predicted octanol–water partition coefficient (Wildman–Crippen LogP) is 3.54. The molecule has 5 nitrogen and oxygen atoms in total. The van der Waals surface area contributed by atoms with Crippen molar-refractivity contribution in [2.45, 2.75) is 62.4 Å². The molecule has 5 heteroatoms. The van der Waals surface area contributed by atoms with E-state index >= 15 is 0 Å². The van der Waals surface area contributed by atoms with Gasteiger partial charge in [0.2, 0.25) is 0 Å². The van der Waals surface area contributed by atoms with Crippen LogP contribution in [0.25, 0.3) is 0 Å². The molecule has 2 aliphatic carbocycles. The van der Waals surface area contributed by atoms with Crippen LogP contribution in [0.4, 0.5) is 0 Å². The summed E-state index contributed by atoms with van der Waals surface area (Å²) in [4.78, 5) is 16.9. The van der Waals surface area contributed by atoms with Crippen LogP contribution in [-0.2, 0) is 19.7 Å². The fourth-order valence-corrected chi connectivity index (χ4v) is 5.95. The van der Waals surface area contributed by atoms with Crippen molar-refractivity contribution in [3.05, 3.63) is 30.1 Å². The number of aromatic nitrogens is 1. The summed E-state index contributed by atoms with van der Waals surface area (Å²) in [5.74, 6) is -1.26. The highest BCUT2D eigenvalue weighted by Gasteiger charge is 2.64. The lowest BCUT2D eigenvalue weighted by Gasteiger charge is -2.61. The molecule has 0 radical (unpaired) electrons. The number of carbonyl (C=O) groups excluding carboxylic acids is 1. The molecule has 1 aromatic rings. The Hall–Kier alpha value is -1.93. The number of esters is 1. The largest absolute Gasteiger partial charge is 0.468 e. The maximum atomic E-state index is 12.4. The third-order valence-electron chi connectivity index (χ3n) is 6.93. The Balaban J connectivity index is 1.65. The second-order valence-corrected chi connectivity index (χ2v) is 8.48. The Morgan fingerprint density at radius 1 is 1.27 bits per heavy atom. The van der Waals surface area contributed by atoms with Crippen molar-refractivity contribution < 1.29 is 14.3 Å². The zero-order chi connectivity index (χ0) is 18.3. The maximum absolute atomic E-state index is 12.4. The van der Waals surface area contributed by atoms with Crippen molar-refractivity contribution in [3.63, 3.8) is 0 Å². The first-order chi connectivity index (χ1) is 12.6. The van der Waals surface area contributed by atoms with E-state index in [-0.39, 0.29) is 11.0 Å². The van der Waals surface area contributed by atoms with Gasteiger partial charge in [0.15, 0.2) is 5.92 Å². The Kier molecular flexibility index (Phi) is 4.27. The zero-order valence-electron chi connectivity index (χ0n) is 15.4. The average Bonchev–Trinajstić information content (AvgIpc) is 3.08. The summed E-state index contributed by atoms with van der Waals surface area (Å²) in [6.07, 6.45) is 10.2. The van der Waals surface area contributed by atoms with Gasteiger partial charge in [-0.05, 0) is 56.1 Å². The smallest absolute Gasteiger partial charge is 0.324 e. The van der Waals surface area contributed by atoms with Gasteiger partial charge in [-0.15, -0.1) is 0 Å². The molecule has 138 valence electrons. The van der Waals surface area contributed by atoms with Gasteiger partial charge in [-0.1, -0.05) is 18.9 Å². The van der Waals surface area contributed by atoms with E-state index in [1.54, 1.807) is 6.20 Å². The van der Waals surface area contributed by atoms with Gasteiger partial charge in [0, 0.05) is 23.9 Å². The van der Waals surface area contributed by atoms with E-state index in [4.69, 9.17) is 9.47 Å². The summed E-state index contributed by atoms with van der Waals surface area (Å²) in [6, 6.07) is 7.98. The van der Waals surface area contributed by atoms with Gasteiger partial charge in [0.05, 0.1) is 18.8 Å². The normalized spacial score (nSPS) is 33.4. The lowest BCUT2D eigenvalue weighted by atomic mass is 9.44. The number of methoxy groups -OCH3 is 1. The van der Waals surface area contributed by atoms with Crippen molar-refractivity contribution in [3.8, 4) is 6.07 Å². The van der Waals surface area contributed by atoms with Crippen LogP contribution in [0.15, 0.2) is 24.4 Å². The Bertz CT molecular complexity index is 713. The van der Waals surface area contributed by atoms with E-state index in [0.29, 0.717) is 0 Å². The number of carbonyl (C=O) groups is 1. The standard InChI is InChI=1S/C21H26N2O3/c1-25-18(24)16(12-22)21(17-6-2-5-10-23-17)14-19(15-21)9-11-26-20(13-19)7-3-4-8-20/h2,5-6,10,16H,3-4,7-9,11,13-15H2,1H3. The number of nitriles is 1. The van der Waals surface area contributed by atoms with Crippen molar-refractivity contribution >= 4 is 5.97 Å². The van der Waals surface area contributed by atoms with E-state index in [0.717, 1.165) is 50.8 Å². The Morgan fingerprint density at radius 2 is 2.04 bits per heavy atom. The van der Waals surface area contributed by atoms with Crippen LogP contribution in [0.3, 0.4) is 0 Å². The lowest BCUT2D eigenvalue weighted by Crippen LogP contribution is -2.60. The van der Waals surface area contributed by atoms with Crippen LogP contribution in [0.5, 0.6) is 0 Å². The van der Waals surface area contributed by atoms with Crippen LogP contribution in [0, 0.1) is 22.7 Å². The summed E-state index contributed by atoms with van der Waals surface area (Å²) in [7, 11) is 1.36. The monoisotopic (exact) mass is 354 g/mol. The number of hydrogen-bond acceptors (Lipinski definition) is 5. The SMILES string of the molecule is COC(=O)C(C#N)C1(c2ccccn2)CC2(CCOC3(CCCC3)C2)C1. The molecular formula is C21H26N2O3. The minimum Gasteiger partial charge on any atom is -0.468 e. The van der Waals surface area contributed by atoms with Crippen LogP contribution >= 0.6 is 0 Å². The average molecular weight is 354 g/mol. The quantitative estimate of drug-likeness (QED) is 0.777. The third kappa shape index (κ3) is 2.63. The molecule has 3 fully saturated rings. The predicted molar refractivity (Wildman–Crippen MR) is 95.1 cm³/mol. The van der Waals surface area contributed by atoms with Crippen LogP contribution < -0.4 is 0 Å². The van der Waals surface area contributed by atoms with Gasteiger partial charge < -0.3 is 9.47 Å². The lowest BCUT2D eigenvalue weighted by molar-refractivity contribution is -0.177. The van der Waals surface area contributed by atoms with Gasteiger partial charge in [-0.3, -0.25) is 9.78 Å². The first kappa shape index (κ1) is 17.5. The van der Waals surface area contributed by atoms with E-state index in [1.165, 1.54) is 20.0 Å². The summed E-state index contributed by atoms with van der Waals surface area (Å²) < 4.78 is 11.2. The summed E-state index contributed by atoms with van der Waals surface area (Å²) in [5.41, 5.74) is 0.486. The topological polar surface area (TPSA) is 72.2 Å². The molecule has 2 saturated carbocycles. The molecular weight excluding hydrogens is 328 g/mol. The Labute approximate surface area is 154 Å². The van der Waals surface area contributed by atoms with E-state index in [9.17, 15) is 10.1 Å². The molecule has 1 aliphatic heterocycles. The molecule has 1 saturated heterocycles. The van der Waals surface area contributed by atoms with Gasteiger partial charge in [-0.25, -0.2) is 0 Å². The Morgan fingerprint density at radius 3 is 2.65 bits per heavy atom. The molecule has 26 heavy (non-hydrogen) atoms. The van der Waals surface area contributed by atoms with Gasteiger partial charge >= 0.3 is 5.97 Å².